The number of fused-ring (bicyclic) bond motifs is 1. The van der Waals surface area contributed by atoms with E-state index in [2.05, 4.69) is 16.3 Å². The van der Waals surface area contributed by atoms with Gasteiger partial charge in [0, 0.05) is 12.2 Å². The molecule has 102 valence electrons. The first-order valence-corrected chi connectivity index (χ1v) is 7.02. The molecule has 0 fully saturated rings. The van der Waals surface area contributed by atoms with Gasteiger partial charge >= 0.3 is 0 Å². The van der Waals surface area contributed by atoms with Crippen LogP contribution in [0.1, 0.15) is 28.9 Å². The highest BCUT2D eigenvalue weighted by molar-refractivity contribution is 6.29. The van der Waals surface area contributed by atoms with Crippen LogP contribution in [0, 0.1) is 0 Å². The second-order valence-electron chi connectivity index (χ2n) is 4.78. The van der Waals surface area contributed by atoms with Crippen LogP contribution < -0.4 is 4.90 Å². The van der Waals surface area contributed by atoms with Gasteiger partial charge in [-0.1, -0.05) is 29.8 Å². The zero-order chi connectivity index (χ0) is 13.9. The molecule has 0 atom stereocenters. The quantitative estimate of drug-likeness (QED) is 0.809. The highest BCUT2D eigenvalue weighted by Gasteiger charge is 2.23. The number of rotatable bonds is 1. The largest absolute Gasteiger partial charge is 0.307 e. The van der Waals surface area contributed by atoms with Gasteiger partial charge < -0.3 is 4.90 Å². The molecule has 5 heteroatoms. The van der Waals surface area contributed by atoms with Gasteiger partial charge in [0.2, 0.25) is 0 Å². The Morgan fingerprint density at radius 2 is 1.95 bits per heavy atom. The minimum atomic E-state index is -0.122. The van der Waals surface area contributed by atoms with Crippen molar-refractivity contribution >= 4 is 23.2 Å². The minimum Gasteiger partial charge on any atom is -0.307 e. The second-order valence-corrected chi connectivity index (χ2v) is 5.17. The minimum absolute atomic E-state index is 0.122. The van der Waals surface area contributed by atoms with Crippen molar-refractivity contribution in [2.45, 2.75) is 19.3 Å². The molecule has 0 bridgehead atoms. The van der Waals surface area contributed by atoms with Gasteiger partial charge in [0.15, 0.2) is 10.8 Å². The number of aromatic nitrogens is 2. The van der Waals surface area contributed by atoms with Gasteiger partial charge in [-0.2, -0.15) is 0 Å². The molecule has 20 heavy (non-hydrogen) atoms. The molecule has 2 aromatic rings. The van der Waals surface area contributed by atoms with Crippen molar-refractivity contribution < 1.29 is 4.79 Å². The van der Waals surface area contributed by atoms with Crippen molar-refractivity contribution in [3.63, 3.8) is 0 Å². The van der Waals surface area contributed by atoms with Crippen molar-refractivity contribution in [3.8, 4) is 0 Å². The summed E-state index contributed by atoms with van der Waals surface area (Å²) in [7, 11) is 0. The van der Waals surface area contributed by atoms with E-state index in [1.165, 1.54) is 5.56 Å². The molecule has 0 saturated carbocycles. The molecule has 0 unspecified atom stereocenters. The third-order valence-electron chi connectivity index (χ3n) is 3.46. The van der Waals surface area contributed by atoms with Crippen LogP contribution in [0.2, 0.25) is 5.15 Å². The summed E-state index contributed by atoms with van der Waals surface area (Å²) in [5.41, 5.74) is 2.51. The average molecular weight is 288 g/mol. The fraction of sp³-hybridized carbons (Fsp3) is 0.267. The fourth-order valence-corrected chi connectivity index (χ4v) is 2.57. The number of hydrogen-bond donors (Lipinski definition) is 0. The summed E-state index contributed by atoms with van der Waals surface area (Å²) in [5, 5.41) is 7.92. The maximum Gasteiger partial charge on any atom is 0.278 e. The maximum atomic E-state index is 12.6. The van der Waals surface area contributed by atoms with E-state index < -0.39 is 0 Å². The summed E-state index contributed by atoms with van der Waals surface area (Å²) in [6.07, 6.45) is 3.08. The molecule has 1 aliphatic heterocycles. The fourth-order valence-electron chi connectivity index (χ4n) is 2.47. The lowest BCUT2D eigenvalue weighted by molar-refractivity contribution is 0.0981. The Bertz CT molecular complexity index is 627. The molecule has 2 heterocycles. The number of aryl methyl sites for hydroxylation is 1. The number of amides is 1. The van der Waals surface area contributed by atoms with E-state index in [0.717, 1.165) is 24.9 Å². The average Bonchev–Trinajstić information content (AvgIpc) is 2.69. The Balaban J connectivity index is 1.97. The summed E-state index contributed by atoms with van der Waals surface area (Å²) < 4.78 is 0. The number of nitrogens with zero attached hydrogens (tertiary/aromatic N) is 3. The Morgan fingerprint density at radius 3 is 2.75 bits per heavy atom. The number of carbonyl (C=O) groups excluding carboxylic acids is 1. The molecule has 3 rings (SSSR count). The van der Waals surface area contributed by atoms with Crippen LogP contribution in [0.25, 0.3) is 0 Å². The van der Waals surface area contributed by atoms with E-state index >= 15 is 0 Å². The molecule has 0 saturated heterocycles. The van der Waals surface area contributed by atoms with Crippen molar-refractivity contribution in [1.29, 1.82) is 0 Å². The standard InChI is InChI=1S/C15H14ClN3O/c16-14-9-8-12(17-18-14)15(20)19-10-4-3-6-11-5-1-2-7-13(11)19/h1-2,5,7-9H,3-4,6,10H2. The van der Waals surface area contributed by atoms with E-state index in [0.29, 0.717) is 12.2 Å². The Hall–Kier alpha value is -1.94. The van der Waals surface area contributed by atoms with Crippen molar-refractivity contribution in [3.05, 3.63) is 52.8 Å². The third kappa shape index (κ3) is 2.51. The molecule has 1 aromatic heterocycles. The second kappa shape index (κ2) is 5.59. The predicted octanol–water partition coefficient (Wildman–Crippen LogP) is 3.11. The van der Waals surface area contributed by atoms with Crippen LogP contribution in [-0.2, 0) is 6.42 Å². The van der Waals surface area contributed by atoms with Crippen LogP contribution in [0.3, 0.4) is 0 Å². The van der Waals surface area contributed by atoms with Crippen molar-refractivity contribution in [2.24, 2.45) is 0 Å². The topological polar surface area (TPSA) is 46.1 Å². The highest BCUT2D eigenvalue weighted by atomic mass is 35.5. The lowest BCUT2D eigenvalue weighted by Crippen LogP contribution is -2.32. The summed E-state index contributed by atoms with van der Waals surface area (Å²) in [4.78, 5) is 14.4. The molecule has 1 aliphatic rings. The van der Waals surface area contributed by atoms with E-state index in [1.807, 2.05) is 18.2 Å². The summed E-state index contributed by atoms with van der Waals surface area (Å²) in [5.74, 6) is -0.122. The molecular weight excluding hydrogens is 274 g/mol. The van der Waals surface area contributed by atoms with Crippen LogP contribution in [0.4, 0.5) is 5.69 Å². The van der Waals surface area contributed by atoms with Crippen LogP contribution in [0.5, 0.6) is 0 Å². The highest BCUT2D eigenvalue weighted by Crippen LogP contribution is 2.27. The summed E-state index contributed by atoms with van der Waals surface area (Å²) in [6.45, 7) is 0.708. The lowest BCUT2D eigenvalue weighted by Gasteiger charge is -2.22. The smallest absolute Gasteiger partial charge is 0.278 e. The maximum absolute atomic E-state index is 12.6. The van der Waals surface area contributed by atoms with Crippen LogP contribution in [-0.4, -0.2) is 22.6 Å². The summed E-state index contributed by atoms with van der Waals surface area (Å²) >= 11 is 5.71. The Kier molecular flexibility index (Phi) is 3.65. The number of para-hydroxylation sites is 1. The van der Waals surface area contributed by atoms with Crippen LogP contribution in [0.15, 0.2) is 36.4 Å². The van der Waals surface area contributed by atoms with Gasteiger partial charge in [-0.15, -0.1) is 10.2 Å². The summed E-state index contributed by atoms with van der Waals surface area (Å²) in [6, 6.07) is 11.2. The SMILES string of the molecule is O=C(c1ccc(Cl)nn1)N1CCCCc2ccccc21. The molecule has 0 radical (unpaired) electrons. The molecule has 0 N–H and O–H groups in total. The number of hydrogen-bond acceptors (Lipinski definition) is 3. The van der Waals surface area contributed by atoms with E-state index in [1.54, 1.807) is 17.0 Å². The van der Waals surface area contributed by atoms with Gasteiger partial charge in [-0.25, -0.2) is 0 Å². The number of benzene rings is 1. The number of halogens is 1. The normalized spacial score (nSPS) is 14.6. The lowest BCUT2D eigenvalue weighted by atomic mass is 10.1. The monoisotopic (exact) mass is 287 g/mol. The van der Waals surface area contributed by atoms with Crippen molar-refractivity contribution in [2.75, 3.05) is 11.4 Å². The molecule has 0 spiro atoms. The first kappa shape index (κ1) is 13.1. The number of anilines is 1. The van der Waals surface area contributed by atoms with Gasteiger partial charge in [0.25, 0.3) is 5.91 Å². The van der Waals surface area contributed by atoms with Gasteiger partial charge in [0.1, 0.15) is 0 Å². The molecular formula is C15H14ClN3O. The first-order valence-electron chi connectivity index (χ1n) is 6.65. The zero-order valence-electron chi connectivity index (χ0n) is 10.9. The van der Waals surface area contributed by atoms with Gasteiger partial charge in [-0.05, 0) is 43.0 Å². The third-order valence-corrected chi connectivity index (χ3v) is 3.66. The predicted molar refractivity (Wildman–Crippen MR) is 78.1 cm³/mol. The van der Waals surface area contributed by atoms with E-state index in [9.17, 15) is 4.79 Å². The first-order chi connectivity index (χ1) is 9.75. The van der Waals surface area contributed by atoms with Gasteiger partial charge in [-0.3, -0.25) is 4.79 Å². The zero-order valence-corrected chi connectivity index (χ0v) is 11.7. The van der Waals surface area contributed by atoms with E-state index in [4.69, 9.17) is 11.6 Å². The Labute approximate surface area is 122 Å². The molecule has 4 nitrogen and oxygen atoms in total. The van der Waals surface area contributed by atoms with Crippen LogP contribution >= 0.6 is 11.6 Å². The molecule has 0 aliphatic carbocycles. The Morgan fingerprint density at radius 1 is 1.10 bits per heavy atom. The van der Waals surface area contributed by atoms with E-state index in [-0.39, 0.29) is 11.1 Å². The molecule has 1 amide bonds. The number of carbonyl (C=O) groups is 1. The van der Waals surface area contributed by atoms with Gasteiger partial charge in [0.05, 0.1) is 0 Å². The van der Waals surface area contributed by atoms with Crippen molar-refractivity contribution in [1.82, 2.24) is 10.2 Å². The molecule has 1 aromatic carbocycles.